The zero-order chi connectivity index (χ0) is 36.8. The average Bonchev–Trinajstić information content (AvgIpc) is 3.91. The summed E-state index contributed by atoms with van der Waals surface area (Å²) in [6.45, 7) is 4.09. The van der Waals surface area contributed by atoms with Crippen molar-refractivity contribution in [3.63, 3.8) is 0 Å². The summed E-state index contributed by atoms with van der Waals surface area (Å²) in [4.78, 5) is 63.8. The molecule has 1 fully saturated rings. The van der Waals surface area contributed by atoms with Crippen LogP contribution in [0, 0.1) is 17.8 Å². The summed E-state index contributed by atoms with van der Waals surface area (Å²) in [6.07, 6.45) is 14.1. The molecule has 4 N–H and O–H groups in total. The zero-order valence-electron chi connectivity index (χ0n) is 30.0. The van der Waals surface area contributed by atoms with Gasteiger partial charge in [-0.2, -0.15) is 0 Å². The molecule has 0 aliphatic heterocycles. The normalized spacial score (nSPS) is 14.8. The molecule has 1 aliphatic carbocycles. The Balaban J connectivity index is 2.08. The SMILES string of the molecule is CC#CCOc1ccc(C[C@H](NC(=O)[C@@H](C=CCCCCCCC(=O)CCCCCCC)[C@@](O)(CC(=O)NC2CC2)C(=O)O)C(=O)OC)cc1. The smallest absolute Gasteiger partial charge is 0.337 e. The van der Waals surface area contributed by atoms with E-state index in [4.69, 9.17) is 9.47 Å². The van der Waals surface area contributed by atoms with Crippen molar-refractivity contribution >= 4 is 29.5 Å². The molecule has 0 saturated heterocycles. The van der Waals surface area contributed by atoms with Gasteiger partial charge in [0.1, 0.15) is 24.2 Å². The van der Waals surface area contributed by atoms with E-state index in [0.717, 1.165) is 51.4 Å². The highest BCUT2D eigenvalue weighted by Crippen LogP contribution is 2.27. The highest BCUT2D eigenvalue weighted by Gasteiger charge is 2.49. The lowest BCUT2D eigenvalue weighted by Gasteiger charge is -2.30. The number of carbonyl (C=O) groups is 5. The molecule has 0 bridgehead atoms. The molecule has 1 aliphatic rings. The number of allylic oxidation sites excluding steroid dienone is 1. The summed E-state index contributed by atoms with van der Waals surface area (Å²) < 4.78 is 10.4. The lowest BCUT2D eigenvalue weighted by Crippen LogP contribution is -2.56. The molecule has 0 aromatic heterocycles. The Morgan fingerprint density at radius 2 is 1.62 bits per heavy atom. The van der Waals surface area contributed by atoms with Crippen molar-refractivity contribution in [2.24, 2.45) is 5.92 Å². The van der Waals surface area contributed by atoms with Crippen LogP contribution in [0.2, 0.25) is 0 Å². The lowest BCUT2D eigenvalue weighted by molar-refractivity contribution is -0.169. The van der Waals surface area contributed by atoms with E-state index < -0.39 is 47.7 Å². The number of hydrogen-bond acceptors (Lipinski definition) is 8. The number of ether oxygens (including phenoxy) is 2. The number of carboxylic acids is 1. The van der Waals surface area contributed by atoms with Gasteiger partial charge in [-0.3, -0.25) is 14.4 Å². The number of carboxylic acid groups (broad SMARTS) is 1. The maximum absolute atomic E-state index is 13.7. The van der Waals surface area contributed by atoms with Crippen molar-refractivity contribution in [3.8, 4) is 17.6 Å². The van der Waals surface area contributed by atoms with Gasteiger partial charge in [0.15, 0.2) is 5.60 Å². The van der Waals surface area contributed by atoms with Crippen LogP contribution < -0.4 is 15.4 Å². The molecule has 0 radical (unpaired) electrons. The quantitative estimate of drug-likeness (QED) is 0.0440. The van der Waals surface area contributed by atoms with E-state index in [2.05, 4.69) is 29.4 Å². The fourth-order valence-corrected chi connectivity index (χ4v) is 5.50. The van der Waals surface area contributed by atoms with Crippen LogP contribution in [0.5, 0.6) is 5.75 Å². The number of benzene rings is 1. The third-order valence-electron chi connectivity index (χ3n) is 8.66. The third kappa shape index (κ3) is 16.0. The van der Waals surface area contributed by atoms with Gasteiger partial charge in [0.2, 0.25) is 11.8 Å². The Morgan fingerprint density at radius 3 is 2.20 bits per heavy atom. The number of Topliss-reactive ketones (excluding diaryl/α,β-unsaturated/α-hetero) is 1. The number of aliphatic carboxylic acids is 1. The van der Waals surface area contributed by atoms with Gasteiger partial charge in [-0.15, -0.1) is 5.92 Å². The number of methoxy groups -OCH3 is 1. The number of hydrogen-bond donors (Lipinski definition) is 4. The Labute approximate surface area is 297 Å². The minimum absolute atomic E-state index is 0.0128. The molecule has 1 saturated carbocycles. The standard InChI is InChI=1S/C39H56N2O9/c1-4-6-8-11-14-17-31(42)18-15-12-9-10-13-16-19-33(39(48,38(46)47)28-35(43)40-30-22-23-30)36(44)41-34(37(45)49-3)27-29-20-24-32(25-21-29)50-26-7-5-2/h16,19-21,24-25,30,33-34,48H,4,6,8-15,17-18,22-23,26-28H2,1-3H3,(H,40,43)(H,41,44)(H,46,47)/t33-,34+,39+/m1/s1. The first-order valence-corrected chi connectivity index (χ1v) is 18.0. The van der Waals surface area contributed by atoms with E-state index in [-0.39, 0.29) is 19.1 Å². The second-order valence-electron chi connectivity index (χ2n) is 13.0. The first kappa shape index (κ1) is 42.0. The molecule has 3 atom stereocenters. The van der Waals surface area contributed by atoms with Crippen molar-refractivity contribution < 1.29 is 43.7 Å². The second-order valence-corrected chi connectivity index (χ2v) is 13.0. The summed E-state index contributed by atoms with van der Waals surface area (Å²) in [5.74, 6) is 0.589. The summed E-state index contributed by atoms with van der Waals surface area (Å²) in [7, 11) is 1.17. The minimum Gasteiger partial charge on any atom is -0.481 e. The van der Waals surface area contributed by atoms with E-state index >= 15 is 0 Å². The zero-order valence-corrected chi connectivity index (χ0v) is 30.0. The van der Waals surface area contributed by atoms with Crippen molar-refractivity contribution in [1.29, 1.82) is 0 Å². The Kier molecular flexibility index (Phi) is 19.5. The van der Waals surface area contributed by atoms with Crippen LogP contribution in [-0.2, 0) is 35.1 Å². The Morgan fingerprint density at radius 1 is 0.980 bits per heavy atom. The number of unbranched alkanes of at least 4 members (excludes halogenated alkanes) is 8. The van der Waals surface area contributed by atoms with Gasteiger partial charge in [0.25, 0.3) is 0 Å². The number of aliphatic hydroxyl groups is 1. The highest BCUT2D eigenvalue weighted by molar-refractivity contribution is 5.95. The van der Waals surface area contributed by atoms with Crippen LogP contribution >= 0.6 is 0 Å². The first-order valence-electron chi connectivity index (χ1n) is 18.0. The van der Waals surface area contributed by atoms with Crippen molar-refractivity contribution in [1.82, 2.24) is 10.6 Å². The van der Waals surface area contributed by atoms with Crippen LogP contribution in [0.25, 0.3) is 0 Å². The van der Waals surface area contributed by atoms with E-state index in [1.54, 1.807) is 37.3 Å². The molecule has 0 spiro atoms. The largest absolute Gasteiger partial charge is 0.481 e. The maximum Gasteiger partial charge on any atom is 0.337 e. The highest BCUT2D eigenvalue weighted by atomic mass is 16.5. The van der Waals surface area contributed by atoms with Gasteiger partial charge in [0, 0.05) is 25.3 Å². The predicted molar refractivity (Wildman–Crippen MR) is 190 cm³/mol. The second kappa shape index (κ2) is 23.3. The molecule has 2 amide bonds. The lowest BCUT2D eigenvalue weighted by atomic mass is 9.82. The Hall–Kier alpha value is -4.17. The van der Waals surface area contributed by atoms with Crippen LogP contribution in [0.4, 0.5) is 0 Å². The molecule has 11 nitrogen and oxygen atoms in total. The average molecular weight is 697 g/mol. The van der Waals surface area contributed by atoms with Gasteiger partial charge in [-0.05, 0) is 63.1 Å². The molecule has 0 unspecified atom stereocenters. The summed E-state index contributed by atoms with van der Waals surface area (Å²) in [6, 6.07) is 5.54. The monoisotopic (exact) mass is 696 g/mol. The van der Waals surface area contributed by atoms with Crippen molar-refractivity contribution in [3.05, 3.63) is 42.0 Å². The fourth-order valence-electron chi connectivity index (χ4n) is 5.50. The number of amides is 2. The van der Waals surface area contributed by atoms with Crippen LogP contribution in [0.1, 0.15) is 116 Å². The summed E-state index contributed by atoms with van der Waals surface area (Å²) in [5, 5.41) is 26.8. The van der Waals surface area contributed by atoms with Crippen molar-refractivity contribution in [2.75, 3.05) is 13.7 Å². The van der Waals surface area contributed by atoms with Crippen LogP contribution in [0.15, 0.2) is 36.4 Å². The topological polar surface area (TPSA) is 168 Å². The number of rotatable bonds is 26. The number of esters is 1. The molecule has 2 rings (SSSR count). The molecule has 11 heteroatoms. The van der Waals surface area contributed by atoms with Gasteiger partial charge >= 0.3 is 11.9 Å². The predicted octanol–water partition coefficient (Wildman–Crippen LogP) is 5.22. The number of nitrogens with one attached hydrogen (secondary N) is 2. The molecule has 50 heavy (non-hydrogen) atoms. The molecular weight excluding hydrogens is 640 g/mol. The van der Waals surface area contributed by atoms with E-state index in [1.807, 2.05) is 0 Å². The van der Waals surface area contributed by atoms with Crippen molar-refractivity contribution in [2.45, 2.75) is 134 Å². The molecule has 276 valence electrons. The fraction of sp³-hybridized carbons (Fsp3) is 0.615. The van der Waals surface area contributed by atoms with Gasteiger partial charge in [-0.25, -0.2) is 9.59 Å². The maximum atomic E-state index is 13.7. The number of carbonyl (C=O) groups excluding carboxylic acids is 4. The van der Waals surface area contributed by atoms with Crippen LogP contribution in [-0.4, -0.2) is 71.2 Å². The Bertz CT molecular complexity index is 1330. The number of ketones is 1. The van der Waals surface area contributed by atoms with Gasteiger partial charge in [-0.1, -0.05) is 75.7 Å². The van der Waals surface area contributed by atoms with Gasteiger partial charge in [0.05, 0.1) is 19.4 Å². The van der Waals surface area contributed by atoms with Gasteiger partial charge < -0.3 is 30.3 Å². The molecule has 1 aromatic rings. The first-order chi connectivity index (χ1) is 24.0. The third-order valence-corrected chi connectivity index (χ3v) is 8.66. The van der Waals surface area contributed by atoms with Crippen LogP contribution in [0.3, 0.4) is 0 Å². The van der Waals surface area contributed by atoms with E-state index in [9.17, 15) is 34.2 Å². The molecular formula is C39H56N2O9. The molecule has 1 aromatic carbocycles. The minimum atomic E-state index is -2.78. The molecule has 0 heterocycles. The summed E-state index contributed by atoms with van der Waals surface area (Å²) >= 11 is 0. The summed E-state index contributed by atoms with van der Waals surface area (Å²) in [5.41, 5.74) is -2.12. The van der Waals surface area contributed by atoms with E-state index in [1.165, 1.54) is 32.4 Å². The van der Waals surface area contributed by atoms with E-state index in [0.29, 0.717) is 36.4 Å².